The molecule has 0 saturated carbocycles. The number of rotatable bonds is 4. The minimum absolute atomic E-state index is 0.100. The smallest absolute Gasteiger partial charge is 0.255 e. The fourth-order valence-corrected chi connectivity index (χ4v) is 4.28. The van der Waals surface area contributed by atoms with E-state index < -0.39 is 5.92 Å². The molecule has 29 heavy (non-hydrogen) atoms. The van der Waals surface area contributed by atoms with Crippen LogP contribution in [-0.2, 0) is 16.1 Å². The normalized spacial score (nSPS) is 19.1. The second kappa shape index (κ2) is 7.66. The zero-order chi connectivity index (χ0) is 20.5. The molecule has 2 N–H and O–H groups in total. The molecule has 150 valence electrons. The van der Waals surface area contributed by atoms with Crippen LogP contribution in [0.1, 0.15) is 50.3 Å². The number of hydrogen-bond acceptors (Lipinski definition) is 5. The number of nitrogens with zero attached hydrogens (tertiary/aromatic N) is 3. The van der Waals surface area contributed by atoms with E-state index in [1.165, 1.54) is 0 Å². The number of carbonyl (C=O) groups excluding carboxylic acids is 2. The van der Waals surface area contributed by atoms with E-state index >= 15 is 0 Å². The molecule has 7 nitrogen and oxygen atoms in total. The van der Waals surface area contributed by atoms with Crippen molar-refractivity contribution in [2.45, 2.75) is 52.5 Å². The summed E-state index contributed by atoms with van der Waals surface area (Å²) < 4.78 is 1.90. The summed E-state index contributed by atoms with van der Waals surface area (Å²) in [6, 6.07) is 5.36. The number of pyridine rings is 1. The predicted octanol–water partition coefficient (Wildman–Crippen LogP) is 3.21. The summed E-state index contributed by atoms with van der Waals surface area (Å²) in [7, 11) is 0. The van der Waals surface area contributed by atoms with Crippen LogP contribution >= 0.6 is 0 Å². The molecule has 3 heterocycles. The molecule has 0 radical (unpaired) electrons. The average molecular weight is 391 g/mol. The van der Waals surface area contributed by atoms with Crippen molar-refractivity contribution >= 4 is 17.5 Å². The third-order valence-corrected chi connectivity index (χ3v) is 5.68. The first-order valence-corrected chi connectivity index (χ1v) is 10.00. The number of ketones is 1. The van der Waals surface area contributed by atoms with E-state index in [9.17, 15) is 9.59 Å². The van der Waals surface area contributed by atoms with Crippen molar-refractivity contribution in [1.82, 2.24) is 20.1 Å². The fraction of sp³-hybridized carbons (Fsp3) is 0.364. The largest absolute Gasteiger partial charge is 0.362 e. The maximum absolute atomic E-state index is 13.3. The van der Waals surface area contributed by atoms with Gasteiger partial charge < -0.3 is 10.6 Å². The summed E-state index contributed by atoms with van der Waals surface area (Å²) >= 11 is 0. The molecule has 0 unspecified atom stereocenters. The number of hydrogen-bond donors (Lipinski definition) is 2. The number of nitrogens with one attached hydrogen (secondary N) is 2. The Morgan fingerprint density at radius 2 is 2.14 bits per heavy atom. The van der Waals surface area contributed by atoms with Gasteiger partial charge in [-0.2, -0.15) is 5.10 Å². The summed E-state index contributed by atoms with van der Waals surface area (Å²) in [5.41, 5.74) is 4.82. The van der Waals surface area contributed by atoms with Crippen molar-refractivity contribution < 1.29 is 9.59 Å². The van der Waals surface area contributed by atoms with Crippen molar-refractivity contribution in [2.75, 3.05) is 5.32 Å². The van der Waals surface area contributed by atoms with Gasteiger partial charge in [0.05, 0.1) is 6.20 Å². The van der Waals surface area contributed by atoms with Crippen molar-refractivity contribution in [1.29, 1.82) is 0 Å². The van der Waals surface area contributed by atoms with Crippen molar-refractivity contribution in [3.05, 3.63) is 64.4 Å². The maximum Gasteiger partial charge on any atom is 0.255 e. The first kappa shape index (κ1) is 19.1. The van der Waals surface area contributed by atoms with Crippen LogP contribution in [0.4, 0.5) is 5.82 Å². The Morgan fingerprint density at radius 1 is 1.31 bits per heavy atom. The number of aryl methyl sites for hydroxylation is 1. The Kier molecular flexibility index (Phi) is 5.05. The van der Waals surface area contributed by atoms with Gasteiger partial charge in [-0.05, 0) is 45.7 Å². The van der Waals surface area contributed by atoms with Crippen LogP contribution in [0.15, 0.2) is 53.1 Å². The van der Waals surface area contributed by atoms with Gasteiger partial charge in [0.1, 0.15) is 5.82 Å². The molecule has 0 saturated heterocycles. The van der Waals surface area contributed by atoms with E-state index in [1.54, 1.807) is 24.5 Å². The van der Waals surface area contributed by atoms with E-state index in [4.69, 9.17) is 0 Å². The highest BCUT2D eigenvalue weighted by Crippen LogP contribution is 2.43. The first-order valence-electron chi connectivity index (χ1n) is 10.00. The second-order valence-corrected chi connectivity index (χ2v) is 7.44. The van der Waals surface area contributed by atoms with Crippen LogP contribution < -0.4 is 10.6 Å². The third kappa shape index (κ3) is 3.37. The Labute approximate surface area is 169 Å². The van der Waals surface area contributed by atoms with E-state index in [-0.39, 0.29) is 11.7 Å². The van der Waals surface area contributed by atoms with Gasteiger partial charge in [0.25, 0.3) is 5.91 Å². The maximum atomic E-state index is 13.3. The fourth-order valence-electron chi connectivity index (χ4n) is 4.28. The Hall–Kier alpha value is -3.22. The lowest BCUT2D eigenvalue weighted by atomic mass is 9.75. The van der Waals surface area contributed by atoms with Crippen LogP contribution in [-0.4, -0.2) is 26.5 Å². The van der Waals surface area contributed by atoms with Gasteiger partial charge in [-0.15, -0.1) is 0 Å². The van der Waals surface area contributed by atoms with Gasteiger partial charge in [-0.25, -0.2) is 4.98 Å². The molecule has 1 aliphatic carbocycles. The molecule has 1 aliphatic heterocycles. The highest BCUT2D eigenvalue weighted by molar-refractivity contribution is 6.09. The Balaban J connectivity index is 1.82. The zero-order valence-electron chi connectivity index (χ0n) is 17.0. The number of dihydropyridines is 1. The van der Waals surface area contributed by atoms with Gasteiger partial charge >= 0.3 is 0 Å². The van der Waals surface area contributed by atoms with Gasteiger partial charge in [0.2, 0.25) is 0 Å². The lowest BCUT2D eigenvalue weighted by molar-refractivity contribution is -0.116. The minimum Gasteiger partial charge on any atom is -0.362 e. The van der Waals surface area contributed by atoms with Crippen LogP contribution in [0, 0.1) is 6.92 Å². The van der Waals surface area contributed by atoms with Gasteiger partial charge in [0, 0.05) is 58.9 Å². The summed E-state index contributed by atoms with van der Waals surface area (Å²) in [6.07, 6.45) is 5.57. The molecule has 1 amide bonds. The lowest BCUT2D eigenvalue weighted by Crippen LogP contribution is -2.35. The van der Waals surface area contributed by atoms with Crippen LogP contribution in [0.5, 0.6) is 0 Å². The molecule has 7 heteroatoms. The molecular formula is C22H25N5O2. The number of allylic oxidation sites excluding steroid dienone is 3. The standard InChI is InChI=1S/C22H25N5O2/c1-4-27-14(3)15(12-24-27)20-19(22(29)26-18-10-5-6-11-23-18)13(2)25-16-8-7-9-17(28)21(16)20/h5-6,10-12,20,25H,4,7-9H2,1-3H3,(H,23,26,29)/t20-/m0/s1. The SMILES string of the molecule is CCn1ncc([C@H]2C(C(=O)Nc3ccccn3)=C(C)NC3=C2C(=O)CCC3)c1C. The minimum atomic E-state index is -0.428. The number of Topliss-reactive ketones (excluding diaryl/α,β-unsaturated/α-hetero) is 1. The summed E-state index contributed by atoms with van der Waals surface area (Å²) in [5.74, 6) is -0.106. The quantitative estimate of drug-likeness (QED) is 0.835. The highest BCUT2D eigenvalue weighted by atomic mass is 16.2. The molecule has 4 rings (SSSR count). The number of anilines is 1. The van der Waals surface area contributed by atoms with E-state index in [0.29, 0.717) is 23.4 Å². The molecule has 2 aromatic heterocycles. The topological polar surface area (TPSA) is 88.9 Å². The highest BCUT2D eigenvalue weighted by Gasteiger charge is 2.39. The van der Waals surface area contributed by atoms with Crippen LogP contribution in [0.2, 0.25) is 0 Å². The molecule has 2 aromatic rings. The van der Waals surface area contributed by atoms with Crippen LogP contribution in [0.25, 0.3) is 0 Å². The molecule has 0 aromatic carbocycles. The molecule has 0 spiro atoms. The lowest BCUT2D eigenvalue weighted by Gasteiger charge is -2.34. The Bertz CT molecular complexity index is 1030. The Morgan fingerprint density at radius 3 is 2.83 bits per heavy atom. The molecule has 0 bridgehead atoms. The van der Waals surface area contributed by atoms with Gasteiger partial charge in [-0.3, -0.25) is 14.3 Å². The number of carbonyl (C=O) groups is 2. The van der Waals surface area contributed by atoms with Crippen molar-refractivity contribution in [3.8, 4) is 0 Å². The second-order valence-electron chi connectivity index (χ2n) is 7.44. The molecule has 2 aliphatic rings. The first-order chi connectivity index (χ1) is 14.0. The van der Waals surface area contributed by atoms with Gasteiger partial charge in [-0.1, -0.05) is 6.07 Å². The number of aromatic nitrogens is 3. The summed E-state index contributed by atoms with van der Waals surface area (Å²) in [4.78, 5) is 30.5. The van der Waals surface area contributed by atoms with E-state index in [0.717, 1.165) is 42.0 Å². The third-order valence-electron chi connectivity index (χ3n) is 5.68. The predicted molar refractivity (Wildman–Crippen MR) is 110 cm³/mol. The molecule has 1 atom stereocenters. The molecular weight excluding hydrogens is 366 g/mol. The van der Waals surface area contributed by atoms with Gasteiger partial charge in [0.15, 0.2) is 5.78 Å². The average Bonchev–Trinajstić information content (AvgIpc) is 3.08. The monoisotopic (exact) mass is 391 g/mol. The van der Waals surface area contributed by atoms with Crippen molar-refractivity contribution in [2.24, 2.45) is 0 Å². The van der Waals surface area contributed by atoms with E-state index in [1.807, 2.05) is 31.5 Å². The zero-order valence-corrected chi connectivity index (χ0v) is 17.0. The van der Waals surface area contributed by atoms with Crippen molar-refractivity contribution in [3.63, 3.8) is 0 Å². The van der Waals surface area contributed by atoms with Crippen LogP contribution in [0.3, 0.4) is 0 Å². The van der Waals surface area contributed by atoms with E-state index in [2.05, 4.69) is 20.7 Å². The summed E-state index contributed by atoms with van der Waals surface area (Å²) in [6.45, 7) is 6.64. The summed E-state index contributed by atoms with van der Waals surface area (Å²) in [5, 5.41) is 10.7. The molecule has 0 fully saturated rings. The number of amides is 1.